The lowest BCUT2D eigenvalue weighted by Crippen LogP contribution is -1.65. The third-order valence-corrected chi connectivity index (χ3v) is 0.966. The van der Waals surface area contributed by atoms with Gasteiger partial charge in [-0.25, -0.2) is 0 Å². The predicted octanol–water partition coefficient (Wildman–Crippen LogP) is 1.11. The molecular formula is C2H7OPS. The fourth-order valence-electron chi connectivity index (χ4n) is 0.0680. The first-order chi connectivity index (χ1) is 2.41. The van der Waals surface area contributed by atoms with Crippen molar-refractivity contribution in [2.75, 3.05) is 12.6 Å². The molecule has 0 aliphatic carbocycles. The highest BCUT2D eigenvalue weighted by molar-refractivity contribution is 7.94. The molecule has 1 nitrogen and oxygen atoms in total. The van der Waals surface area contributed by atoms with Gasteiger partial charge in [-0.3, -0.25) is 0 Å². The minimum Gasteiger partial charge on any atom is -0.312 e. The first-order valence-corrected chi connectivity index (χ1v) is 3.24. The Morgan fingerprint density at radius 2 is 2.60 bits per heavy atom. The molecule has 0 aliphatic rings. The predicted molar refractivity (Wildman–Crippen MR) is 29.2 cm³/mol. The molecule has 32 valence electrons. The maximum absolute atomic E-state index is 4.71. The van der Waals surface area contributed by atoms with E-state index in [4.69, 9.17) is 4.18 Å². The summed E-state index contributed by atoms with van der Waals surface area (Å²) < 4.78 is 4.71. The average molecular weight is 110 g/mol. The van der Waals surface area contributed by atoms with Gasteiger partial charge >= 0.3 is 0 Å². The fourth-order valence-corrected chi connectivity index (χ4v) is 0.612. The summed E-state index contributed by atoms with van der Waals surface area (Å²) in [6.07, 6.45) is 2.62. The van der Waals surface area contributed by atoms with E-state index in [9.17, 15) is 0 Å². The molecule has 0 aromatic rings. The van der Waals surface area contributed by atoms with E-state index >= 15 is 0 Å². The second-order valence-electron chi connectivity index (χ2n) is 0.451. The first kappa shape index (κ1) is 5.74. The highest BCUT2D eigenvalue weighted by atomic mass is 32.2. The van der Waals surface area contributed by atoms with Crippen molar-refractivity contribution in [1.29, 1.82) is 0 Å². The summed E-state index contributed by atoms with van der Waals surface area (Å²) in [7, 11) is 2.46. The summed E-state index contributed by atoms with van der Waals surface area (Å²) in [5, 5.41) is 0. The summed E-state index contributed by atoms with van der Waals surface area (Å²) in [6, 6.07) is 0. The molecule has 1 atom stereocenters. The van der Waals surface area contributed by atoms with Crippen LogP contribution in [0, 0.1) is 0 Å². The van der Waals surface area contributed by atoms with Crippen LogP contribution in [0.3, 0.4) is 0 Å². The summed E-state index contributed by atoms with van der Waals surface area (Å²) >= 11 is 1.38. The Morgan fingerprint density at radius 3 is 2.60 bits per heavy atom. The minimum absolute atomic E-state index is 0.723. The van der Waals surface area contributed by atoms with Gasteiger partial charge in [0.2, 0.25) is 0 Å². The molecule has 1 unspecified atom stereocenters. The van der Waals surface area contributed by atoms with Gasteiger partial charge in [0, 0.05) is 6.26 Å². The van der Waals surface area contributed by atoms with Crippen LogP contribution in [0.25, 0.3) is 0 Å². The lowest BCUT2D eigenvalue weighted by molar-refractivity contribution is 0.467. The van der Waals surface area contributed by atoms with Gasteiger partial charge in [0.05, 0.1) is 6.35 Å². The van der Waals surface area contributed by atoms with Crippen molar-refractivity contribution in [3.05, 3.63) is 0 Å². The third-order valence-electron chi connectivity index (χ3n) is 0.186. The molecule has 0 amide bonds. The van der Waals surface area contributed by atoms with Gasteiger partial charge in [-0.15, -0.1) is 9.24 Å². The van der Waals surface area contributed by atoms with E-state index < -0.39 is 0 Å². The zero-order chi connectivity index (χ0) is 4.12. The number of hydrogen-bond acceptors (Lipinski definition) is 2. The molecule has 0 radical (unpaired) electrons. The molecule has 0 heterocycles. The Hall–Kier alpha value is 0.740. The molecule has 0 aliphatic heterocycles. The molecule has 0 bridgehead atoms. The molecule has 0 aromatic carbocycles. The quantitative estimate of drug-likeness (QED) is 0.389. The van der Waals surface area contributed by atoms with Crippen molar-refractivity contribution in [2.24, 2.45) is 0 Å². The number of hydrogen-bond donors (Lipinski definition) is 0. The zero-order valence-electron chi connectivity index (χ0n) is 3.10. The maximum Gasteiger partial charge on any atom is 0.0749 e. The standard InChI is InChI=1S/C2H7OPS/c1-5-3-2-4/h2,4H2,1H3. The second kappa shape index (κ2) is 4.74. The maximum atomic E-state index is 4.71. The van der Waals surface area contributed by atoms with Gasteiger partial charge in [0.25, 0.3) is 0 Å². The van der Waals surface area contributed by atoms with Gasteiger partial charge in [-0.05, 0) is 12.0 Å². The van der Waals surface area contributed by atoms with Crippen LogP contribution in [0.5, 0.6) is 0 Å². The lowest BCUT2D eigenvalue weighted by atomic mass is 11.7. The molecule has 0 N–H and O–H groups in total. The van der Waals surface area contributed by atoms with Crippen LogP contribution >= 0.6 is 21.3 Å². The van der Waals surface area contributed by atoms with E-state index in [0.717, 1.165) is 6.35 Å². The normalized spacial score (nSPS) is 8.40. The van der Waals surface area contributed by atoms with Crippen molar-refractivity contribution >= 4 is 21.3 Å². The zero-order valence-corrected chi connectivity index (χ0v) is 5.07. The van der Waals surface area contributed by atoms with E-state index in [2.05, 4.69) is 9.24 Å². The van der Waals surface area contributed by atoms with Gasteiger partial charge in [0.15, 0.2) is 0 Å². The van der Waals surface area contributed by atoms with Crippen LogP contribution in [0.2, 0.25) is 0 Å². The Labute approximate surface area is 38.9 Å². The smallest absolute Gasteiger partial charge is 0.0749 e. The highest BCUT2D eigenvalue weighted by Gasteiger charge is 1.65. The van der Waals surface area contributed by atoms with Crippen LogP contribution in [0.15, 0.2) is 0 Å². The van der Waals surface area contributed by atoms with E-state index in [0.29, 0.717) is 0 Å². The molecule has 0 saturated carbocycles. The Bertz CT molecular complexity index is 17.1. The van der Waals surface area contributed by atoms with Crippen LogP contribution < -0.4 is 0 Å². The second-order valence-corrected chi connectivity index (χ2v) is 1.35. The van der Waals surface area contributed by atoms with Crippen molar-refractivity contribution in [1.82, 2.24) is 0 Å². The molecular weight excluding hydrogens is 103 g/mol. The van der Waals surface area contributed by atoms with E-state index in [1.54, 1.807) is 0 Å². The first-order valence-electron chi connectivity index (χ1n) is 1.27. The fraction of sp³-hybridized carbons (Fsp3) is 1.00. The van der Waals surface area contributed by atoms with Crippen LogP contribution in [0.1, 0.15) is 0 Å². The van der Waals surface area contributed by atoms with Crippen molar-refractivity contribution in [3.63, 3.8) is 0 Å². The minimum atomic E-state index is 0.723. The summed E-state index contributed by atoms with van der Waals surface area (Å²) in [4.78, 5) is 0. The van der Waals surface area contributed by atoms with Crippen LogP contribution in [0.4, 0.5) is 0 Å². The van der Waals surface area contributed by atoms with Crippen LogP contribution in [-0.4, -0.2) is 12.6 Å². The van der Waals surface area contributed by atoms with E-state index in [1.807, 2.05) is 6.26 Å². The number of rotatable bonds is 2. The van der Waals surface area contributed by atoms with Gasteiger partial charge < -0.3 is 4.18 Å². The average Bonchev–Trinajstić information content (AvgIpc) is 1.41. The summed E-state index contributed by atoms with van der Waals surface area (Å²) in [5.74, 6) is 0. The molecule has 0 fully saturated rings. The van der Waals surface area contributed by atoms with Crippen molar-refractivity contribution in [3.8, 4) is 0 Å². The molecule has 0 spiro atoms. The lowest BCUT2D eigenvalue weighted by Gasteiger charge is -1.84. The van der Waals surface area contributed by atoms with Crippen molar-refractivity contribution < 1.29 is 4.18 Å². The molecule has 0 saturated heterocycles. The molecule has 0 aromatic heterocycles. The summed E-state index contributed by atoms with van der Waals surface area (Å²) in [6.45, 7) is 0. The SMILES string of the molecule is CSOCP. The van der Waals surface area contributed by atoms with Gasteiger partial charge in [-0.1, -0.05) is 0 Å². The Balaban J connectivity index is 2.19. The Kier molecular flexibility index (Phi) is 5.44. The van der Waals surface area contributed by atoms with E-state index in [1.165, 1.54) is 12.0 Å². The molecule has 5 heavy (non-hydrogen) atoms. The Morgan fingerprint density at radius 1 is 2.00 bits per heavy atom. The van der Waals surface area contributed by atoms with E-state index in [-0.39, 0.29) is 0 Å². The molecule has 0 rings (SSSR count). The monoisotopic (exact) mass is 110 g/mol. The highest BCUT2D eigenvalue weighted by Crippen LogP contribution is 1.95. The van der Waals surface area contributed by atoms with Gasteiger partial charge in [-0.2, -0.15) is 0 Å². The van der Waals surface area contributed by atoms with Gasteiger partial charge in [0.1, 0.15) is 0 Å². The largest absolute Gasteiger partial charge is 0.312 e. The van der Waals surface area contributed by atoms with Crippen LogP contribution in [-0.2, 0) is 4.18 Å². The third kappa shape index (κ3) is 4.74. The molecule has 3 heteroatoms. The summed E-state index contributed by atoms with van der Waals surface area (Å²) in [5.41, 5.74) is 0. The topological polar surface area (TPSA) is 9.23 Å². The van der Waals surface area contributed by atoms with Crippen molar-refractivity contribution in [2.45, 2.75) is 0 Å².